The minimum Gasteiger partial charge on any atom is -0.330 e. The van der Waals surface area contributed by atoms with E-state index in [1.165, 1.54) is 0 Å². The lowest BCUT2D eigenvalue weighted by atomic mass is 10.2. The molecule has 5 heteroatoms. The molecule has 1 unspecified atom stereocenters. The fourth-order valence-corrected chi connectivity index (χ4v) is 2.06. The largest absolute Gasteiger partial charge is 0.330 e. The molecule has 0 aliphatic rings. The van der Waals surface area contributed by atoms with Gasteiger partial charge in [-0.2, -0.15) is 0 Å². The Hall–Kier alpha value is -2.07. The number of amides is 2. The summed E-state index contributed by atoms with van der Waals surface area (Å²) in [5, 5.41) is 6.06. The van der Waals surface area contributed by atoms with E-state index in [2.05, 4.69) is 15.6 Å². The zero-order valence-corrected chi connectivity index (χ0v) is 12.1. The number of aromatic nitrogens is 1. The number of benzene rings is 1. The summed E-state index contributed by atoms with van der Waals surface area (Å²) in [5.74, 6) is 0. The van der Waals surface area contributed by atoms with Crippen LogP contribution in [0.2, 0.25) is 5.02 Å². The van der Waals surface area contributed by atoms with Crippen LogP contribution in [0.1, 0.15) is 24.2 Å². The average molecular weight is 290 g/mol. The number of nitrogens with zero attached hydrogens (tertiary/aromatic N) is 1. The van der Waals surface area contributed by atoms with Crippen molar-refractivity contribution in [3.05, 3.63) is 58.9 Å². The molecule has 1 aromatic heterocycles. The van der Waals surface area contributed by atoms with Gasteiger partial charge in [0.15, 0.2) is 0 Å². The molecular weight excluding hydrogens is 274 g/mol. The Morgan fingerprint density at radius 1 is 1.30 bits per heavy atom. The van der Waals surface area contributed by atoms with Crippen LogP contribution in [0.15, 0.2) is 42.6 Å². The molecule has 2 aromatic rings. The summed E-state index contributed by atoms with van der Waals surface area (Å²) in [5.41, 5.74) is 2.43. The highest BCUT2D eigenvalue weighted by atomic mass is 35.5. The Morgan fingerprint density at radius 3 is 2.75 bits per heavy atom. The molecule has 1 atom stereocenters. The van der Waals surface area contributed by atoms with Crippen molar-refractivity contribution in [3.8, 4) is 0 Å². The maximum absolute atomic E-state index is 11.9. The second-order valence-electron chi connectivity index (χ2n) is 4.56. The highest BCUT2D eigenvalue weighted by Gasteiger charge is 2.11. The SMILES string of the molecule is Cc1ccc(NC(=O)NC(C)c2ccccn2)c(Cl)c1. The molecule has 0 radical (unpaired) electrons. The fraction of sp³-hybridized carbons (Fsp3) is 0.200. The van der Waals surface area contributed by atoms with Gasteiger partial charge >= 0.3 is 6.03 Å². The molecule has 1 heterocycles. The minimum atomic E-state index is -0.311. The molecule has 2 amide bonds. The Morgan fingerprint density at radius 2 is 2.10 bits per heavy atom. The Labute approximate surface area is 123 Å². The molecule has 2 N–H and O–H groups in total. The number of aryl methyl sites for hydroxylation is 1. The van der Waals surface area contributed by atoms with Gasteiger partial charge in [0.1, 0.15) is 0 Å². The average Bonchev–Trinajstić information content (AvgIpc) is 2.43. The summed E-state index contributed by atoms with van der Waals surface area (Å²) in [4.78, 5) is 16.1. The van der Waals surface area contributed by atoms with E-state index in [0.29, 0.717) is 10.7 Å². The van der Waals surface area contributed by atoms with Gasteiger partial charge in [-0.25, -0.2) is 4.79 Å². The van der Waals surface area contributed by atoms with E-state index in [9.17, 15) is 4.79 Å². The van der Waals surface area contributed by atoms with Gasteiger partial charge in [-0.15, -0.1) is 0 Å². The van der Waals surface area contributed by atoms with Gasteiger partial charge in [-0.1, -0.05) is 23.7 Å². The molecule has 0 fully saturated rings. The van der Waals surface area contributed by atoms with Crippen molar-refractivity contribution in [3.63, 3.8) is 0 Å². The van der Waals surface area contributed by atoms with Crippen LogP contribution in [-0.2, 0) is 0 Å². The van der Waals surface area contributed by atoms with E-state index >= 15 is 0 Å². The van der Waals surface area contributed by atoms with Gasteiger partial charge in [-0.05, 0) is 43.7 Å². The van der Waals surface area contributed by atoms with Crippen molar-refractivity contribution in [2.45, 2.75) is 19.9 Å². The lowest BCUT2D eigenvalue weighted by Crippen LogP contribution is -2.31. The molecule has 4 nitrogen and oxygen atoms in total. The molecule has 1 aromatic carbocycles. The van der Waals surface area contributed by atoms with Crippen molar-refractivity contribution in [1.29, 1.82) is 0 Å². The molecule has 2 rings (SSSR count). The number of rotatable bonds is 3. The number of pyridine rings is 1. The fourth-order valence-electron chi connectivity index (χ4n) is 1.78. The second kappa shape index (κ2) is 6.39. The first-order valence-electron chi connectivity index (χ1n) is 6.31. The molecule has 104 valence electrons. The van der Waals surface area contributed by atoms with Gasteiger partial charge in [0.2, 0.25) is 0 Å². The van der Waals surface area contributed by atoms with Gasteiger partial charge < -0.3 is 10.6 Å². The number of hydrogen-bond acceptors (Lipinski definition) is 2. The Balaban J connectivity index is 1.99. The van der Waals surface area contributed by atoms with E-state index in [1.54, 1.807) is 18.3 Å². The number of anilines is 1. The van der Waals surface area contributed by atoms with Crippen molar-refractivity contribution in [2.24, 2.45) is 0 Å². The van der Waals surface area contributed by atoms with Gasteiger partial charge in [0.05, 0.1) is 22.4 Å². The smallest absolute Gasteiger partial charge is 0.319 e. The predicted octanol–water partition coefficient (Wildman–Crippen LogP) is 3.93. The van der Waals surface area contributed by atoms with Crippen LogP contribution in [0.5, 0.6) is 0 Å². The van der Waals surface area contributed by atoms with Crippen molar-refractivity contribution in [2.75, 3.05) is 5.32 Å². The third kappa shape index (κ3) is 3.71. The quantitative estimate of drug-likeness (QED) is 0.899. The van der Waals surface area contributed by atoms with E-state index in [0.717, 1.165) is 11.3 Å². The topological polar surface area (TPSA) is 54.0 Å². The molecular formula is C15H16ClN3O. The third-order valence-electron chi connectivity index (χ3n) is 2.85. The van der Waals surface area contributed by atoms with Crippen LogP contribution >= 0.6 is 11.6 Å². The first kappa shape index (κ1) is 14.3. The normalized spacial score (nSPS) is 11.8. The Kier molecular flexibility index (Phi) is 4.58. The lowest BCUT2D eigenvalue weighted by molar-refractivity contribution is 0.249. The van der Waals surface area contributed by atoms with E-state index in [-0.39, 0.29) is 12.1 Å². The first-order chi connectivity index (χ1) is 9.56. The molecule has 0 saturated carbocycles. The molecule has 0 spiro atoms. The van der Waals surface area contributed by atoms with Gasteiger partial charge in [0.25, 0.3) is 0 Å². The number of hydrogen-bond donors (Lipinski definition) is 2. The highest BCUT2D eigenvalue weighted by Crippen LogP contribution is 2.22. The number of urea groups is 1. The second-order valence-corrected chi connectivity index (χ2v) is 4.97. The zero-order valence-electron chi connectivity index (χ0n) is 11.4. The summed E-state index contributed by atoms with van der Waals surface area (Å²) in [6, 6.07) is 10.6. The van der Waals surface area contributed by atoms with Crippen LogP contribution in [0.4, 0.5) is 10.5 Å². The highest BCUT2D eigenvalue weighted by molar-refractivity contribution is 6.33. The maximum Gasteiger partial charge on any atom is 0.319 e. The molecule has 0 saturated heterocycles. The van der Waals surface area contributed by atoms with Crippen LogP contribution in [0, 0.1) is 6.92 Å². The van der Waals surface area contributed by atoms with Crippen LogP contribution in [-0.4, -0.2) is 11.0 Å². The number of carbonyl (C=O) groups excluding carboxylic acids is 1. The minimum absolute atomic E-state index is 0.180. The van der Waals surface area contributed by atoms with Gasteiger partial charge in [-0.3, -0.25) is 4.98 Å². The summed E-state index contributed by atoms with van der Waals surface area (Å²) < 4.78 is 0. The van der Waals surface area contributed by atoms with Crippen molar-refractivity contribution in [1.82, 2.24) is 10.3 Å². The number of carbonyl (C=O) groups is 1. The van der Waals surface area contributed by atoms with Gasteiger partial charge in [0, 0.05) is 6.20 Å². The zero-order chi connectivity index (χ0) is 14.5. The predicted molar refractivity (Wildman–Crippen MR) is 81.0 cm³/mol. The summed E-state index contributed by atoms with van der Waals surface area (Å²) in [6.07, 6.45) is 1.70. The molecule has 20 heavy (non-hydrogen) atoms. The molecule has 0 aliphatic heterocycles. The summed E-state index contributed by atoms with van der Waals surface area (Å²) in [6.45, 7) is 3.82. The van der Waals surface area contributed by atoms with Crippen LogP contribution in [0.25, 0.3) is 0 Å². The maximum atomic E-state index is 11.9. The Bertz CT molecular complexity index is 601. The van der Waals surface area contributed by atoms with E-state index in [1.807, 2.05) is 38.1 Å². The molecule has 0 bridgehead atoms. The van der Waals surface area contributed by atoms with Crippen molar-refractivity contribution < 1.29 is 4.79 Å². The molecule has 0 aliphatic carbocycles. The van der Waals surface area contributed by atoms with E-state index < -0.39 is 0 Å². The summed E-state index contributed by atoms with van der Waals surface area (Å²) >= 11 is 6.07. The summed E-state index contributed by atoms with van der Waals surface area (Å²) in [7, 11) is 0. The van der Waals surface area contributed by atoms with Crippen LogP contribution < -0.4 is 10.6 Å². The third-order valence-corrected chi connectivity index (χ3v) is 3.16. The standard InChI is InChI=1S/C15H16ClN3O/c1-10-6-7-14(12(16)9-10)19-15(20)18-11(2)13-5-3-4-8-17-13/h3-9,11H,1-2H3,(H2,18,19,20). The number of halogens is 1. The van der Waals surface area contributed by atoms with Crippen LogP contribution in [0.3, 0.4) is 0 Å². The van der Waals surface area contributed by atoms with E-state index in [4.69, 9.17) is 11.6 Å². The number of nitrogens with one attached hydrogen (secondary N) is 2. The van der Waals surface area contributed by atoms with Crippen molar-refractivity contribution >= 4 is 23.3 Å². The monoisotopic (exact) mass is 289 g/mol. The lowest BCUT2D eigenvalue weighted by Gasteiger charge is -2.14. The first-order valence-corrected chi connectivity index (χ1v) is 6.68.